The molecule has 6 heteroatoms. The highest BCUT2D eigenvalue weighted by Crippen LogP contribution is 2.20. The van der Waals surface area contributed by atoms with Crippen molar-refractivity contribution in [1.82, 2.24) is 19.1 Å². The smallest absolute Gasteiger partial charge is 0.110 e. The zero-order valence-corrected chi connectivity index (χ0v) is 15.9. The molecule has 6 nitrogen and oxygen atoms in total. The molecule has 0 aliphatic carbocycles. The summed E-state index contributed by atoms with van der Waals surface area (Å²) in [6, 6.07) is 16.6. The molecule has 28 heavy (non-hydrogen) atoms. The Balaban J connectivity index is 1.53. The van der Waals surface area contributed by atoms with Crippen molar-refractivity contribution in [2.45, 2.75) is 25.9 Å². The molecule has 0 unspecified atom stereocenters. The van der Waals surface area contributed by atoms with Gasteiger partial charge < -0.3 is 18.6 Å². The number of aryl methyl sites for hydroxylation is 2. The first-order valence-electron chi connectivity index (χ1n) is 9.94. The number of fused-ring (bicyclic) bond motifs is 6. The van der Waals surface area contributed by atoms with Crippen LogP contribution in [0.4, 0.5) is 0 Å². The van der Waals surface area contributed by atoms with Gasteiger partial charge in [-0.05, 0) is 24.3 Å². The van der Waals surface area contributed by atoms with E-state index in [2.05, 4.69) is 45.5 Å². The van der Waals surface area contributed by atoms with Gasteiger partial charge in [0.15, 0.2) is 0 Å². The Kier molecular flexibility index (Phi) is 4.81. The Labute approximate surface area is 163 Å². The van der Waals surface area contributed by atoms with Gasteiger partial charge in [-0.15, -0.1) is 0 Å². The average molecular weight is 376 g/mol. The van der Waals surface area contributed by atoms with Gasteiger partial charge in [-0.1, -0.05) is 24.3 Å². The lowest BCUT2D eigenvalue weighted by molar-refractivity contribution is 0.0420. The Hall–Kier alpha value is -2.70. The molecule has 2 aromatic carbocycles. The lowest BCUT2D eigenvalue weighted by Gasteiger charge is -2.13. The lowest BCUT2D eigenvalue weighted by atomic mass is 10.2. The van der Waals surface area contributed by atoms with Crippen LogP contribution in [0.5, 0.6) is 0 Å². The lowest BCUT2D eigenvalue weighted by Crippen LogP contribution is -2.16. The first-order valence-corrected chi connectivity index (χ1v) is 9.94. The highest BCUT2D eigenvalue weighted by molar-refractivity contribution is 5.76. The zero-order valence-electron chi connectivity index (χ0n) is 15.9. The first kappa shape index (κ1) is 17.4. The van der Waals surface area contributed by atoms with Crippen LogP contribution >= 0.6 is 0 Å². The topological polar surface area (TPSA) is 54.1 Å². The monoisotopic (exact) mass is 376 g/mol. The van der Waals surface area contributed by atoms with Crippen LogP contribution in [0.25, 0.3) is 22.1 Å². The fraction of sp³-hybridized carbons (Fsp3) is 0.364. The van der Waals surface area contributed by atoms with Crippen molar-refractivity contribution in [3.05, 3.63) is 60.2 Å². The van der Waals surface area contributed by atoms with E-state index >= 15 is 0 Å². The number of nitrogens with zero attached hydrogens (tertiary/aromatic N) is 4. The van der Waals surface area contributed by atoms with E-state index in [9.17, 15) is 0 Å². The number of rotatable bonds is 0. The number of hydrogen-bond donors (Lipinski definition) is 0. The standard InChI is InChI=1S/C22H24N4O2/c1-3-7-19-17(5-1)23-21-9-10-22-24-18-6-2-4-8-20(18)26(22)12-14-28-16-15-27-13-11-25(19)21/h1-8H,9-16H2. The zero-order chi connectivity index (χ0) is 18.8. The van der Waals surface area contributed by atoms with E-state index in [0.29, 0.717) is 26.4 Å². The molecule has 5 rings (SSSR count). The van der Waals surface area contributed by atoms with E-state index in [1.54, 1.807) is 0 Å². The van der Waals surface area contributed by atoms with Gasteiger partial charge in [0.1, 0.15) is 11.6 Å². The predicted octanol–water partition coefficient (Wildman–Crippen LogP) is 3.22. The van der Waals surface area contributed by atoms with Gasteiger partial charge in [-0.2, -0.15) is 0 Å². The maximum absolute atomic E-state index is 5.79. The normalized spacial score (nSPS) is 16.6. The van der Waals surface area contributed by atoms with Crippen LogP contribution in [0, 0.1) is 0 Å². The molecular formula is C22H24N4O2. The summed E-state index contributed by atoms with van der Waals surface area (Å²) in [6.07, 6.45) is 1.69. The Morgan fingerprint density at radius 2 is 1.07 bits per heavy atom. The highest BCUT2D eigenvalue weighted by Gasteiger charge is 2.15. The van der Waals surface area contributed by atoms with Crippen molar-refractivity contribution >= 4 is 22.1 Å². The summed E-state index contributed by atoms with van der Waals surface area (Å²) in [5.74, 6) is 2.19. The third-order valence-electron chi connectivity index (χ3n) is 5.33. The van der Waals surface area contributed by atoms with Crippen molar-refractivity contribution in [1.29, 1.82) is 0 Å². The number of para-hydroxylation sites is 4. The quantitative estimate of drug-likeness (QED) is 0.473. The SMILES string of the molecule is c1ccc2c(c1)nc1n2CCOCCOCCn2c(nc3ccccc32)CC1. The second-order valence-corrected chi connectivity index (χ2v) is 7.06. The second-order valence-electron chi connectivity index (χ2n) is 7.06. The van der Waals surface area contributed by atoms with Crippen molar-refractivity contribution in [3.63, 3.8) is 0 Å². The minimum absolute atomic E-state index is 0.611. The van der Waals surface area contributed by atoms with E-state index in [4.69, 9.17) is 19.4 Å². The van der Waals surface area contributed by atoms with Crippen LogP contribution in [0.3, 0.4) is 0 Å². The van der Waals surface area contributed by atoms with E-state index in [0.717, 1.165) is 59.6 Å². The van der Waals surface area contributed by atoms with Crippen molar-refractivity contribution in [2.75, 3.05) is 26.4 Å². The summed E-state index contributed by atoms with van der Waals surface area (Å²) < 4.78 is 16.1. The summed E-state index contributed by atoms with van der Waals surface area (Å²) >= 11 is 0. The summed E-state index contributed by atoms with van der Waals surface area (Å²) in [5, 5.41) is 0. The Morgan fingerprint density at radius 1 is 0.607 bits per heavy atom. The van der Waals surface area contributed by atoms with Crippen molar-refractivity contribution in [2.24, 2.45) is 0 Å². The van der Waals surface area contributed by atoms with Gasteiger partial charge in [0, 0.05) is 25.9 Å². The van der Waals surface area contributed by atoms with Gasteiger partial charge in [0.05, 0.1) is 48.5 Å². The number of ether oxygens (including phenoxy) is 2. The van der Waals surface area contributed by atoms with Crippen molar-refractivity contribution in [3.8, 4) is 0 Å². The Bertz CT molecular complexity index is 1010. The molecule has 0 spiro atoms. The molecule has 3 heterocycles. The van der Waals surface area contributed by atoms with Crippen LogP contribution in [0.15, 0.2) is 48.5 Å². The molecule has 1 aliphatic rings. The van der Waals surface area contributed by atoms with Crippen LogP contribution in [-0.2, 0) is 35.4 Å². The molecule has 0 saturated heterocycles. The van der Waals surface area contributed by atoms with E-state index in [-0.39, 0.29) is 0 Å². The largest absolute Gasteiger partial charge is 0.377 e. The average Bonchev–Trinajstić information content (AvgIpc) is 3.26. The van der Waals surface area contributed by atoms with E-state index in [1.807, 2.05) is 12.1 Å². The molecule has 0 saturated carbocycles. The molecule has 0 N–H and O–H groups in total. The summed E-state index contributed by atoms with van der Waals surface area (Å²) in [4.78, 5) is 9.79. The van der Waals surface area contributed by atoms with E-state index < -0.39 is 0 Å². The minimum Gasteiger partial charge on any atom is -0.377 e. The van der Waals surface area contributed by atoms with Crippen LogP contribution in [0.2, 0.25) is 0 Å². The third kappa shape index (κ3) is 3.30. The predicted molar refractivity (Wildman–Crippen MR) is 109 cm³/mol. The van der Waals surface area contributed by atoms with Gasteiger partial charge in [-0.3, -0.25) is 0 Å². The molecule has 144 valence electrons. The van der Waals surface area contributed by atoms with Crippen LogP contribution < -0.4 is 0 Å². The van der Waals surface area contributed by atoms with Crippen LogP contribution in [-0.4, -0.2) is 45.5 Å². The van der Waals surface area contributed by atoms with Crippen molar-refractivity contribution < 1.29 is 9.47 Å². The molecule has 4 aromatic rings. The Morgan fingerprint density at radius 3 is 1.57 bits per heavy atom. The number of benzene rings is 2. The molecule has 0 bridgehead atoms. The van der Waals surface area contributed by atoms with Gasteiger partial charge in [0.2, 0.25) is 0 Å². The fourth-order valence-electron chi connectivity index (χ4n) is 3.99. The maximum Gasteiger partial charge on any atom is 0.110 e. The van der Waals surface area contributed by atoms with Gasteiger partial charge in [-0.25, -0.2) is 9.97 Å². The highest BCUT2D eigenvalue weighted by atomic mass is 16.5. The first-order chi connectivity index (χ1) is 13.9. The molecule has 2 aromatic heterocycles. The number of hydrogen-bond acceptors (Lipinski definition) is 4. The molecular weight excluding hydrogens is 352 g/mol. The summed E-state index contributed by atoms with van der Waals surface area (Å²) in [7, 11) is 0. The molecule has 0 radical (unpaired) electrons. The number of aromatic nitrogens is 4. The summed E-state index contributed by atoms with van der Waals surface area (Å²) in [6.45, 7) is 4.14. The van der Waals surface area contributed by atoms with E-state index in [1.165, 1.54) is 0 Å². The second kappa shape index (κ2) is 7.73. The number of imidazole rings is 2. The molecule has 0 fully saturated rings. The molecule has 0 atom stereocenters. The molecule has 1 aliphatic heterocycles. The fourth-order valence-corrected chi connectivity index (χ4v) is 3.99. The van der Waals surface area contributed by atoms with Gasteiger partial charge in [0.25, 0.3) is 0 Å². The minimum atomic E-state index is 0.611. The maximum atomic E-state index is 5.79. The summed E-state index contributed by atoms with van der Waals surface area (Å²) in [5.41, 5.74) is 4.41. The molecule has 0 amide bonds. The third-order valence-corrected chi connectivity index (χ3v) is 5.33. The van der Waals surface area contributed by atoms with Crippen LogP contribution in [0.1, 0.15) is 11.6 Å². The van der Waals surface area contributed by atoms with Gasteiger partial charge >= 0.3 is 0 Å².